The highest BCUT2D eigenvalue weighted by Gasteiger charge is 2.55. The fourth-order valence-corrected chi connectivity index (χ4v) is 5.95. The van der Waals surface area contributed by atoms with Crippen molar-refractivity contribution in [1.82, 2.24) is 4.72 Å². The molecule has 2 heterocycles. The van der Waals surface area contributed by atoms with Crippen LogP contribution in [0.1, 0.15) is 61.3 Å². The van der Waals surface area contributed by atoms with Crippen molar-refractivity contribution in [2.24, 2.45) is 5.92 Å². The van der Waals surface area contributed by atoms with Crippen molar-refractivity contribution in [2.45, 2.75) is 102 Å². The number of thioether (sulfide) groups is 1. The monoisotopic (exact) mass is 519 g/mol. The normalized spacial score (nSPS) is 34.2. The first-order valence-electron chi connectivity index (χ1n) is 11.4. The van der Waals surface area contributed by atoms with Gasteiger partial charge in [0.1, 0.15) is 16.3 Å². The molecular formula is C23H37NO8S2. The zero-order valence-electron chi connectivity index (χ0n) is 20.9. The van der Waals surface area contributed by atoms with Gasteiger partial charge in [-0.25, -0.2) is 0 Å². The summed E-state index contributed by atoms with van der Waals surface area (Å²) in [4.78, 5) is 36.1. The summed E-state index contributed by atoms with van der Waals surface area (Å²) in [5.41, 5.74) is -0.678. The number of hydrogen-bond donors (Lipinski definition) is 1. The zero-order valence-corrected chi connectivity index (χ0v) is 22.5. The number of carbonyl (C=O) groups excluding carboxylic acids is 3. The van der Waals surface area contributed by atoms with Crippen molar-refractivity contribution in [3.63, 3.8) is 0 Å². The van der Waals surface area contributed by atoms with Gasteiger partial charge in [0.15, 0.2) is 18.3 Å². The third kappa shape index (κ3) is 8.15. The van der Waals surface area contributed by atoms with Crippen molar-refractivity contribution in [3.05, 3.63) is 12.2 Å². The van der Waals surface area contributed by atoms with Crippen LogP contribution >= 0.6 is 11.8 Å². The lowest BCUT2D eigenvalue weighted by molar-refractivity contribution is -0.236. The van der Waals surface area contributed by atoms with Gasteiger partial charge in [0.25, 0.3) is 0 Å². The molecule has 0 saturated carbocycles. The average molecular weight is 520 g/mol. The fourth-order valence-electron chi connectivity index (χ4n) is 3.83. The van der Waals surface area contributed by atoms with Gasteiger partial charge >= 0.3 is 17.9 Å². The van der Waals surface area contributed by atoms with Crippen LogP contribution in [0.4, 0.5) is 0 Å². The third-order valence-corrected chi connectivity index (χ3v) is 8.22. The summed E-state index contributed by atoms with van der Waals surface area (Å²) in [7, 11) is 0. The van der Waals surface area contributed by atoms with Crippen molar-refractivity contribution in [3.8, 4) is 0 Å². The fraction of sp³-hybridized carbons (Fsp3) is 0.783. The van der Waals surface area contributed by atoms with Gasteiger partial charge in [-0.05, 0) is 45.3 Å². The Bertz CT molecular complexity index is 756. The van der Waals surface area contributed by atoms with E-state index in [1.165, 1.54) is 32.5 Å². The molecule has 34 heavy (non-hydrogen) atoms. The Morgan fingerprint density at radius 3 is 2.15 bits per heavy atom. The third-order valence-electron chi connectivity index (χ3n) is 5.39. The van der Waals surface area contributed by atoms with Gasteiger partial charge in [-0.1, -0.05) is 19.1 Å². The SMILES string of the molecule is CC(=O)O[C@@H]1[C@H](OC(C)=O)[C@@H](OC(C)=O)[C@@H]2O[C@@H]1[C@H](N[S@+]([O-])C(C)(C)C)C(C)/C=C/CCCS2. The lowest BCUT2D eigenvalue weighted by atomic mass is 9.88. The number of rotatable bonds is 5. The number of esters is 3. The van der Waals surface area contributed by atoms with Gasteiger partial charge in [-0.15, -0.1) is 16.5 Å². The molecule has 1 N–H and O–H groups in total. The summed E-state index contributed by atoms with van der Waals surface area (Å²) in [5, 5.41) is 0. The van der Waals surface area contributed by atoms with Crippen molar-refractivity contribution in [1.29, 1.82) is 0 Å². The molecule has 8 atom stereocenters. The molecule has 2 aliphatic heterocycles. The Labute approximate surface area is 209 Å². The van der Waals surface area contributed by atoms with Crippen molar-refractivity contribution >= 4 is 41.0 Å². The van der Waals surface area contributed by atoms with E-state index in [0.29, 0.717) is 5.75 Å². The van der Waals surface area contributed by atoms with E-state index < -0.39 is 69.9 Å². The molecule has 0 spiro atoms. The number of carbonyl (C=O) groups is 3. The first kappa shape index (κ1) is 29.0. The first-order valence-corrected chi connectivity index (χ1v) is 13.6. The second-order valence-corrected chi connectivity index (χ2v) is 12.7. The van der Waals surface area contributed by atoms with Gasteiger partial charge in [-0.2, -0.15) is 0 Å². The van der Waals surface area contributed by atoms with Crippen LogP contribution in [0.25, 0.3) is 0 Å². The van der Waals surface area contributed by atoms with Crippen LogP contribution in [0.3, 0.4) is 0 Å². The van der Waals surface area contributed by atoms with E-state index in [4.69, 9.17) is 18.9 Å². The molecular weight excluding hydrogens is 482 g/mol. The molecule has 1 fully saturated rings. The van der Waals surface area contributed by atoms with Crippen LogP contribution < -0.4 is 4.72 Å². The molecule has 11 heteroatoms. The summed E-state index contributed by atoms with van der Waals surface area (Å²) < 4.78 is 39.0. The van der Waals surface area contributed by atoms with Gasteiger partial charge in [-0.3, -0.25) is 14.4 Å². The number of ether oxygens (including phenoxy) is 4. The predicted octanol–water partition coefficient (Wildman–Crippen LogP) is 2.65. The first-order chi connectivity index (χ1) is 15.8. The molecule has 0 aromatic rings. The molecule has 0 radical (unpaired) electrons. The van der Waals surface area contributed by atoms with Crippen LogP contribution in [-0.2, 0) is 44.7 Å². The summed E-state index contributed by atoms with van der Waals surface area (Å²) >= 11 is -0.0195. The van der Waals surface area contributed by atoms with Crippen LogP contribution in [0.15, 0.2) is 12.2 Å². The van der Waals surface area contributed by atoms with Crippen LogP contribution in [-0.4, -0.2) is 68.9 Å². The largest absolute Gasteiger partial charge is 0.598 e. The quantitative estimate of drug-likeness (QED) is 0.251. The summed E-state index contributed by atoms with van der Waals surface area (Å²) in [6.07, 6.45) is 1.80. The Hall–Kier alpha value is -1.27. The lowest BCUT2D eigenvalue weighted by Gasteiger charge is -2.47. The second-order valence-electron chi connectivity index (χ2n) is 9.52. The highest BCUT2D eigenvalue weighted by molar-refractivity contribution is 7.99. The smallest absolute Gasteiger partial charge is 0.303 e. The Morgan fingerprint density at radius 2 is 1.59 bits per heavy atom. The van der Waals surface area contributed by atoms with E-state index in [1.807, 2.05) is 33.8 Å². The standard InChI is InChI=1S/C23H37NO8S2/c1-13-11-9-8-10-12-33-22-21(31-16(4)27)20(30-15(3)26)19(29-14(2)25)18(32-22)17(13)24-34(28)23(5,6)7/h9,11,13,17-22,24H,8,10,12H2,1-7H3/b11-9+/t13?,17-,18-,19+,20+,21-,22-,34-/m1/s1. The maximum Gasteiger partial charge on any atom is 0.303 e. The van der Waals surface area contributed by atoms with E-state index in [-0.39, 0.29) is 5.92 Å². The average Bonchev–Trinajstić information content (AvgIpc) is 2.72. The number of fused-ring (bicyclic) bond motifs is 2. The highest BCUT2D eigenvalue weighted by atomic mass is 32.2. The summed E-state index contributed by atoms with van der Waals surface area (Å²) in [5.74, 6) is -1.23. The van der Waals surface area contributed by atoms with Gasteiger partial charge in [0, 0.05) is 32.1 Å². The molecule has 0 amide bonds. The number of nitrogens with one attached hydrogen (secondary N) is 1. The summed E-state index contributed by atoms with van der Waals surface area (Å²) in [6.45, 7) is 11.3. The van der Waals surface area contributed by atoms with Gasteiger partial charge in [0.2, 0.25) is 0 Å². The minimum Gasteiger partial charge on any atom is -0.598 e. The molecule has 0 aromatic heterocycles. The topological polar surface area (TPSA) is 123 Å². The number of allylic oxidation sites excluding steroid dienone is 1. The van der Waals surface area contributed by atoms with E-state index >= 15 is 0 Å². The second kappa shape index (κ2) is 12.6. The van der Waals surface area contributed by atoms with Gasteiger partial charge < -0.3 is 23.5 Å². The van der Waals surface area contributed by atoms with Crippen LogP contribution in [0.2, 0.25) is 0 Å². The molecule has 2 aliphatic rings. The maximum atomic E-state index is 13.1. The molecule has 0 aliphatic carbocycles. The molecule has 194 valence electrons. The Kier molecular flexibility index (Phi) is 10.7. The molecule has 2 rings (SSSR count). The van der Waals surface area contributed by atoms with E-state index in [1.54, 1.807) is 0 Å². The van der Waals surface area contributed by atoms with Gasteiger partial charge in [0.05, 0.1) is 6.04 Å². The van der Waals surface area contributed by atoms with Crippen molar-refractivity contribution in [2.75, 3.05) is 5.75 Å². The van der Waals surface area contributed by atoms with E-state index in [9.17, 15) is 18.9 Å². The number of hydrogen-bond acceptors (Lipinski definition) is 10. The molecule has 0 aromatic carbocycles. The molecule has 2 bridgehead atoms. The van der Waals surface area contributed by atoms with Crippen LogP contribution in [0.5, 0.6) is 0 Å². The van der Waals surface area contributed by atoms with E-state index in [0.717, 1.165) is 12.8 Å². The van der Waals surface area contributed by atoms with Crippen LogP contribution in [0, 0.1) is 5.92 Å². The maximum absolute atomic E-state index is 13.1. The summed E-state index contributed by atoms with van der Waals surface area (Å²) in [6, 6.07) is -0.557. The lowest BCUT2D eigenvalue weighted by Crippen LogP contribution is -2.66. The molecule has 1 saturated heterocycles. The van der Waals surface area contributed by atoms with Crippen molar-refractivity contribution < 1.29 is 37.9 Å². The Morgan fingerprint density at radius 1 is 1.03 bits per heavy atom. The molecule has 1 unspecified atom stereocenters. The minimum absolute atomic E-state index is 0.165. The predicted molar refractivity (Wildman–Crippen MR) is 130 cm³/mol. The van der Waals surface area contributed by atoms with E-state index in [2.05, 4.69) is 10.8 Å². The zero-order chi connectivity index (χ0) is 25.6. The highest BCUT2D eigenvalue weighted by Crippen LogP contribution is 2.38. The molecule has 9 nitrogen and oxygen atoms in total. The minimum atomic E-state index is -1.46. The Balaban J connectivity index is 2.60.